The minimum atomic E-state index is -0.845. The standard InChI is InChI=1S/C11H11F2N3S/c12-8-2-1-7(3-9(8)13)4-10(16-14)11-5-15-6-17-11/h1-3,5-6,10,16H,4,14H2. The Kier molecular flexibility index (Phi) is 3.78. The number of nitrogens with zero attached hydrogens (tertiary/aromatic N) is 1. The zero-order valence-corrected chi connectivity index (χ0v) is 9.68. The topological polar surface area (TPSA) is 50.9 Å². The lowest BCUT2D eigenvalue weighted by Gasteiger charge is -2.13. The van der Waals surface area contributed by atoms with Crippen LogP contribution in [0.1, 0.15) is 16.5 Å². The smallest absolute Gasteiger partial charge is 0.159 e. The molecule has 0 saturated carbocycles. The van der Waals surface area contributed by atoms with Crippen molar-refractivity contribution in [3.05, 3.63) is 52.0 Å². The van der Waals surface area contributed by atoms with E-state index in [1.165, 1.54) is 17.4 Å². The molecular weight excluding hydrogens is 244 g/mol. The highest BCUT2D eigenvalue weighted by molar-refractivity contribution is 7.09. The Morgan fingerprint density at radius 2 is 2.18 bits per heavy atom. The van der Waals surface area contributed by atoms with E-state index in [0.717, 1.165) is 10.9 Å². The molecule has 3 N–H and O–H groups in total. The number of nitrogens with two attached hydrogens (primary N) is 1. The van der Waals surface area contributed by atoms with E-state index in [1.807, 2.05) is 0 Å². The van der Waals surface area contributed by atoms with Crippen LogP contribution in [0, 0.1) is 11.6 Å². The van der Waals surface area contributed by atoms with Crippen molar-refractivity contribution in [2.24, 2.45) is 5.84 Å². The second kappa shape index (κ2) is 5.31. The SMILES string of the molecule is NNC(Cc1ccc(F)c(F)c1)c1cncs1. The van der Waals surface area contributed by atoms with Crippen LogP contribution in [0.4, 0.5) is 8.78 Å². The lowest BCUT2D eigenvalue weighted by atomic mass is 10.1. The molecular formula is C11H11F2N3S. The fourth-order valence-corrected chi connectivity index (χ4v) is 2.22. The second-order valence-electron chi connectivity index (χ2n) is 3.58. The van der Waals surface area contributed by atoms with Gasteiger partial charge in [-0.1, -0.05) is 6.07 Å². The summed E-state index contributed by atoms with van der Waals surface area (Å²) in [6.45, 7) is 0. The van der Waals surface area contributed by atoms with Crippen molar-refractivity contribution in [3.8, 4) is 0 Å². The van der Waals surface area contributed by atoms with Crippen molar-refractivity contribution in [2.45, 2.75) is 12.5 Å². The number of hydrogen-bond donors (Lipinski definition) is 2. The fraction of sp³-hybridized carbons (Fsp3) is 0.182. The van der Waals surface area contributed by atoms with Crippen molar-refractivity contribution in [1.29, 1.82) is 0 Å². The summed E-state index contributed by atoms with van der Waals surface area (Å²) in [5.74, 6) is 3.75. The van der Waals surface area contributed by atoms with Crippen molar-refractivity contribution in [1.82, 2.24) is 10.4 Å². The first-order chi connectivity index (χ1) is 8.20. The van der Waals surface area contributed by atoms with Crippen LogP contribution < -0.4 is 11.3 Å². The Morgan fingerprint density at radius 1 is 1.35 bits per heavy atom. The molecule has 0 spiro atoms. The van der Waals surface area contributed by atoms with Gasteiger partial charge < -0.3 is 0 Å². The van der Waals surface area contributed by atoms with Crippen LogP contribution >= 0.6 is 11.3 Å². The maximum Gasteiger partial charge on any atom is 0.159 e. The highest BCUT2D eigenvalue weighted by Crippen LogP contribution is 2.21. The van der Waals surface area contributed by atoms with Crippen LogP contribution in [0.25, 0.3) is 0 Å². The number of rotatable bonds is 4. The highest BCUT2D eigenvalue weighted by Gasteiger charge is 2.13. The van der Waals surface area contributed by atoms with Crippen LogP contribution in [0.5, 0.6) is 0 Å². The molecule has 1 aromatic heterocycles. The average molecular weight is 255 g/mol. The Balaban J connectivity index is 2.16. The molecule has 1 unspecified atom stereocenters. The number of aromatic nitrogens is 1. The molecule has 0 aliphatic rings. The van der Waals surface area contributed by atoms with Gasteiger partial charge in [-0.05, 0) is 24.1 Å². The first kappa shape index (κ1) is 12.1. The molecule has 17 heavy (non-hydrogen) atoms. The van der Waals surface area contributed by atoms with E-state index in [-0.39, 0.29) is 6.04 Å². The third-order valence-electron chi connectivity index (χ3n) is 2.42. The van der Waals surface area contributed by atoms with Crippen LogP contribution in [-0.2, 0) is 6.42 Å². The van der Waals surface area contributed by atoms with Crippen LogP contribution in [-0.4, -0.2) is 4.98 Å². The summed E-state index contributed by atoms with van der Waals surface area (Å²) in [7, 11) is 0. The summed E-state index contributed by atoms with van der Waals surface area (Å²) >= 11 is 1.46. The molecule has 0 fully saturated rings. The molecule has 3 nitrogen and oxygen atoms in total. The summed E-state index contributed by atoms with van der Waals surface area (Å²) in [4.78, 5) is 4.91. The Morgan fingerprint density at radius 3 is 2.76 bits per heavy atom. The Labute approximate surface area is 101 Å². The van der Waals surface area contributed by atoms with Gasteiger partial charge in [0.1, 0.15) is 0 Å². The first-order valence-corrected chi connectivity index (χ1v) is 5.87. The van der Waals surface area contributed by atoms with E-state index < -0.39 is 11.6 Å². The van der Waals surface area contributed by atoms with E-state index in [1.54, 1.807) is 17.8 Å². The largest absolute Gasteiger partial charge is 0.271 e. The number of nitrogens with one attached hydrogen (secondary N) is 1. The molecule has 2 aromatic rings. The van der Waals surface area contributed by atoms with Crippen LogP contribution in [0.3, 0.4) is 0 Å². The summed E-state index contributed by atoms with van der Waals surface area (Å²) < 4.78 is 25.8. The number of benzene rings is 1. The van der Waals surface area contributed by atoms with Crippen molar-refractivity contribution >= 4 is 11.3 Å². The number of hydrogen-bond acceptors (Lipinski definition) is 4. The van der Waals surface area contributed by atoms with E-state index in [2.05, 4.69) is 10.4 Å². The molecule has 0 saturated heterocycles. The van der Waals surface area contributed by atoms with E-state index in [9.17, 15) is 8.78 Å². The fourth-order valence-electron chi connectivity index (χ4n) is 1.54. The van der Waals surface area contributed by atoms with Gasteiger partial charge >= 0.3 is 0 Å². The number of thiazole rings is 1. The van der Waals surface area contributed by atoms with E-state index in [0.29, 0.717) is 12.0 Å². The zero-order valence-electron chi connectivity index (χ0n) is 8.86. The molecule has 1 aromatic carbocycles. The van der Waals surface area contributed by atoms with Gasteiger partial charge in [-0.25, -0.2) is 8.78 Å². The molecule has 0 amide bonds. The minimum Gasteiger partial charge on any atom is -0.271 e. The molecule has 0 radical (unpaired) electrons. The molecule has 1 heterocycles. The van der Waals surface area contributed by atoms with Gasteiger partial charge in [0.05, 0.1) is 11.6 Å². The Bertz CT molecular complexity index is 487. The van der Waals surface area contributed by atoms with E-state index >= 15 is 0 Å². The van der Waals surface area contributed by atoms with Crippen molar-refractivity contribution < 1.29 is 8.78 Å². The molecule has 6 heteroatoms. The van der Waals surface area contributed by atoms with Crippen LogP contribution in [0.15, 0.2) is 29.9 Å². The van der Waals surface area contributed by atoms with Gasteiger partial charge in [-0.2, -0.15) is 0 Å². The molecule has 2 rings (SSSR count). The normalized spacial score (nSPS) is 12.6. The molecule has 0 bridgehead atoms. The average Bonchev–Trinajstić information content (AvgIpc) is 2.84. The zero-order chi connectivity index (χ0) is 12.3. The molecule has 0 aliphatic carbocycles. The van der Waals surface area contributed by atoms with Gasteiger partial charge in [-0.15, -0.1) is 11.3 Å². The van der Waals surface area contributed by atoms with Gasteiger partial charge in [0.15, 0.2) is 11.6 Å². The number of hydrazine groups is 1. The van der Waals surface area contributed by atoms with Gasteiger partial charge in [-0.3, -0.25) is 16.3 Å². The van der Waals surface area contributed by atoms with E-state index in [4.69, 9.17) is 5.84 Å². The number of halogens is 2. The maximum atomic E-state index is 13.0. The highest BCUT2D eigenvalue weighted by atomic mass is 32.1. The third kappa shape index (κ3) is 2.85. The molecule has 90 valence electrons. The lowest BCUT2D eigenvalue weighted by Crippen LogP contribution is -2.29. The van der Waals surface area contributed by atoms with Crippen molar-refractivity contribution in [3.63, 3.8) is 0 Å². The third-order valence-corrected chi connectivity index (χ3v) is 3.31. The van der Waals surface area contributed by atoms with Crippen molar-refractivity contribution in [2.75, 3.05) is 0 Å². The summed E-state index contributed by atoms with van der Waals surface area (Å²) in [5.41, 5.74) is 5.02. The van der Waals surface area contributed by atoms with Gasteiger partial charge in [0.25, 0.3) is 0 Å². The predicted octanol–water partition coefficient (Wildman–Crippen LogP) is 2.17. The quantitative estimate of drug-likeness (QED) is 0.650. The maximum absolute atomic E-state index is 13.0. The minimum absolute atomic E-state index is 0.146. The first-order valence-electron chi connectivity index (χ1n) is 4.99. The monoisotopic (exact) mass is 255 g/mol. The van der Waals surface area contributed by atoms with Crippen LogP contribution in [0.2, 0.25) is 0 Å². The summed E-state index contributed by atoms with van der Waals surface area (Å²) in [6.07, 6.45) is 2.19. The lowest BCUT2D eigenvalue weighted by molar-refractivity contribution is 0.503. The second-order valence-corrected chi connectivity index (χ2v) is 4.49. The Hall–Kier alpha value is -1.37. The van der Waals surface area contributed by atoms with Gasteiger partial charge in [0, 0.05) is 11.1 Å². The predicted molar refractivity (Wildman–Crippen MR) is 62.2 cm³/mol. The summed E-state index contributed by atoms with van der Waals surface area (Å²) in [6, 6.07) is 3.70. The molecule has 0 aliphatic heterocycles. The van der Waals surface area contributed by atoms with Gasteiger partial charge in [0.2, 0.25) is 0 Å². The summed E-state index contributed by atoms with van der Waals surface area (Å²) in [5, 5.41) is 0. The molecule has 1 atom stereocenters.